The van der Waals surface area contributed by atoms with Gasteiger partial charge in [0.2, 0.25) is 0 Å². The zero-order chi connectivity index (χ0) is 17.6. The molecule has 136 valence electrons. The number of likely N-dealkylation sites (N-methyl/N-ethyl adjacent to an activating group) is 1. The van der Waals surface area contributed by atoms with Gasteiger partial charge in [-0.15, -0.1) is 21.5 Å². The van der Waals surface area contributed by atoms with Gasteiger partial charge < -0.3 is 4.57 Å². The number of rotatable bonds is 3. The summed E-state index contributed by atoms with van der Waals surface area (Å²) in [5.74, 6) is 2.18. The maximum atomic E-state index is 4.59. The molecule has 1 spiro atoms. The van der Waals surface area contributed by atoms with Gasteiger partial charge in [0.15, 0.2) is 5.82 Å². The van der Waals surface area contributed by atoms with Gasteiger partial charge in [0.05, 0.1) is 17.0 Å². The SMILES string of the molecule is CN1Cc2nnc(-c3cccs3)n2C2(CCN(Cc3ccsc3)CC2)C1. The van der Waals surface area contributed by atoms with Crippen LogP contribution < -0.4 is 0 Å². The third kappa shape index (κ3) is 2.83. The van der Waals surface area contributed by atoms with E-state index in [0.717, 1.165) is 57.2 Å². The summed E-state index contributed by atoms with van der Waals surface area (Å²) in [6, 6.07) is 6.52. The van der Waals surface area contributed by atoms with Crippen LogP contribution in [0.3, 0.4) is 0 Å². The van der Waals surface area contributed by atoms with Crippen LogP contribution in [0.25, 0.3) is 10.7 Å². The molecule has 5 heterocycles. The summed E-state index contributed by atoms with van der Waals surface area (Å²) in [6.07, 6.45) is 2.32. The van der Waals surface area contributed by atoms with Gasteiger partial charge in [-0.2, -0.15) is 11.3 Å². The molecule has 3 aromatic rings. The maximum Gasteiger partial charge on any atom is 0.174 e. The Morgan fingerprint density at radius 1 is 1.15 bits per heavy atom. The largest absolute Gasteiger partial charge is 0.302 e. The molecule has 2 aliphatic heterocycles. The number of aromatic nitrogens is 3. The molecule has 0 aromatic carbocycles. The molecule has 26 heavy (non-hydrogen) atoms. The maximum absolute atomic E-state index is 4.59. The fourth-order valence-corrected chi connectivity index (χ4v) is 5.86. The lowest BCUT2D eigenvalue weighted by atomic mass is 9.84. The molecular weight excluding hydrogens is 362 g/mol. The highest BCUT2D eigenvalue weighted by Crippen LogP contribution is 2.39. The third-order valence-electron chi connectivity index (χ3n) is 5.69. The van der Waals surface area contributed by atoms with Crippen LogP contribution in [0.5, 0.6) is 0 Å². The molecule has 0 bridgehead atoms. The molecule has 2 aliphatic rings. The number of nitrogens with zero attached hydrogens (tertiary/aromatic N) is 5. The summed E-state index contributed by atoms with van der Waals surface area (Å²) >= 11 is 3.55. The quantitative estimate of drug-likeness (QED) is 0.691. The van der Waals surface area contributed by atoms with Crippen LogP contribution in [0.15, 0.2) is 34.3 Å². The van der Waals surface area contributed by atoms with E-state index in [1.165, 1.54) is 10.4 Å². The Balaban J connectivity index is 1.44. The normalized spacial score (nSPS) is 20.5. The van der Waals surface area contributed by atoms with Gasteiger partial charge in [-0.3, -0.25) is 9.80 Å². The monoisotopic (exact) mass is 385 g/mol. The second-order valence-electron chi connectivity index (χ2n) is 7.56. The molecule has 0 aliphatic carbocycles. The molecule has 7 heteroatoms. The smallest absolute Gasteiger partial charge is 0.174 e. The highest BCUT2D eigenvalue weighted by atomic mass is 32.1. The summed E-state index contributed by atoms with van der Waals surface area (Å²) in [7, 11) is 2.21. The van der Waals surface area contributed by atoms with Crippen molar-refractivity contribution in [3.8, 4) is 10.7 Å². The van der Waals surface area contributed by atoms with Gasteiger partial charge in [-0.25, -0.2) is 0 Å². The standard InChI is InChI=1S/C19H23N5S2/c1-22-12-17-20-21-18(16-3-2-9-26-16)24(17)19(14-22)5-7-23(8-6-19)11-15-4-10-25-13-15/h2-4,9-10,13H,5-8,11-12,14H2,1H3. The lowest BCUT2D eigenvalue weighted by Crippen LogP contribution is -2.55. The van der Waals surface area contributed by atoms with E-state index in [1.807, 2.05) is 0 Å². The second kappa shape index (κ2) is 6.56. The number of fused-ring (bicyclic) bond motifs is 2. The molecule has 0 N–H and O–H groups in total. The van der Waals surface area contributed by atoms with Gasteiger partial charge in [0.1, 0.15) is 5.82 Å². The van der Waals surface area contributed by atoms with E-state index in [0.29, 0.717) is 0 Å². The Hall–Kier alpha value is -1.54. The Kier molecular flexibility index (Phi) is 4.20. The molecule has 5 nitrogen and oxygen atoms in total. The zero-order valence-corrected chi connectivity index (χ0v) is 16.6. The van der Waals surface area contributed by atoms with Crippen LogP contribution in [-0.4, -0.2) is 51.2 Å². The molecule has 1 fully saturated rings. The van der Waals surface area contributed by atoms with Gasteiger partial charge in [-0.1, -0.05) is 6.07 Å². The van der Waals surface area contributed by atoms with Gasteiger partial charge in [0.25, 0.3) is 0 Å². The van der Waals surface area contributed by atoms with E-state index in [9.17, 15) is 0 Å². The molecule has 5 rings (SSSR count). The van der Waals surface area contributed by atoms with Crippen LogP contribution in [0.1, 0.15) is 24.2 Å². The van der Waals surface area contributed by atoms with E-state index in [4.69, 9.17) is 0 Å². The van der Waals surface area contributed by atoms with Gasteiger partial charge >= 0.3 is 0 Å². The van der Waals surface area contributed by atoms with Crippen molar-refractivity contribution in [2.45, 2.75) is 31.5 Å². The Morgan fingerprint density at radius 3 is 2.77 bits per heavy atom. The van der Waals surface area contributed by atoms with Crippen LogP contribution in [0.4, 0.5) is 0 Å². The fraction of sp³-hybridized carbons (Fsp3) is 0.474. The van der Waals surface area contributed by atoms with E-state index in [-0.39, 0.29) is 5.54 Å². The molecule has 0 saturated carbocycles. The van der Waals surface area contributed by atoms with Crippen molar-refractivity contribution in [1.82, 2.24) is 24.6 Å². The van der Waals surface area contributed by atoms with Crippen molar-refractivity contribution in [2.75, 3.05) is 26.7 Å². The molecule has 1 saturated heterocycles. The summed E-state index contributed by atoms with van der Waals surface area (Å²) in [5, 5.41) is 15.7. The number of piperidine rings is 1. The van der Waals surface area contributed by atoms with Crippen LogP contribution in [0, 0.1) is 0 Å². The first-order chi connectivity index (χ1) is 12.7. The lowest BCUT2D eigenvalue weighted by Gasteiger charge is -2.48. The van der Waals surface area contributed by atoms with Crippen molar-refractivity contribution in [2.24, 2.45) is 0 Å². The second-order valence-corrected chi connectivity index (χ2v) is 9.28. The first kappa shape index (κ1) is 16.6. The predicted octanol–water partition coefficient (Wildman–Crippen LogP) is 3.50. The predicted molar refractivity (Wildman–Crippen MR) is 106 cm³/mol. The minimum Gasteiger partial charge on any atom is -0.302 e. The van der Waals surface area contributed by atoms with Crippen molar-refractivity contribution >= 4 is 22.7 Å². The highest BCUT2D eigenvalue weighted by molar-refractivity contribution is 7.13. The Labute approximate surface area is 161 Å². The highest BCUT2D eigenvalue weighted by Gasteiger charge is 2.43. The fourth-order valence-electron chi connectivity index (χ4n) is 4.50. The summed E-state index contributed by atoms with van der Waals surface area (Å²) in [6.45, 7) is 5.31. The van der Waals surface area contributed by atoms with E-state index >= 15 is 0 Å². The van der Waals surface area contributed by atoms with Crippen molar-refractivity contribution in [3.05, 3.63) is 45.7 Å². The molecular formula is C19H23N5S2. The van der Waals surface area contributed by atoms with Crippen LogP contribution in [0.2, 0.25) is 0 Å². The summed E-state index contributed by atoms with van der Waals surface area (Å²) < 4.78 is 2.49. The average Bonchev–Trinajstić information content (AvgIpc) is 3.37. The summed E-state index contributed by atoms with van der Waals surface area (Å²) in [4.78, 5) is 6.24. The van der Waals surface area contributed by atoms with Crippen molar-refractivity contribution in [1.29, 1.82) is 0 Å². The zero-order valence-electron chi connectivity index (χ0n) is 15.0. The van der Waals surface area contributed by atoms with Gasteiger partial charge in [-0.05, 0) is 53.7 Å². The Bertz CT molecular complexity index is 860. The van der Waals surface area contributed by atoms with E-state index < -0.39 is 0 Å². The third-order valence-corrected chi connectivity index (χ3v) is 7.29. The van der Waals surface area contributed by atoms with Crippen LogP contribution >= 0.6 is 22.7 Å². The van der Waals surface area contributed by atoms with Gasteiger partial charge in [0, 0.05) is 26.2 Å². The van der Waals surface area contributed by atoms with Crippen molar-refractivity contribution in [3.63, 3.8) is 0 Å². The number of hydrogen-bond donors (Lipinski definition) is 0. The molecule has 0 amide bonds. The molecule has 3 aromatic heterocycles. The van der Waals surface area contributed by atoms with Crippen LogP contribution in [-0.2, 0) is 18.6 Å². The van der Waals surface area contributed by atoms with E-state index in [1.54, 1.807) is 22.7 Å². The van der Waals surface area contributed by atoms with E-state index in [2.05, 4.69) is 66.0 Å². The number of hydrogen-bond acceptors (Lipinski definition) is 6. The molecule has 0 atom stereocenters. The molecule has 0 radical (unpaired) electrons. The minimum atomic E-state index is 0.121. The Morgan fingerprint density at radius 2 is 2.04 bits per heavy atom. The first-order valence-electron chi connectivity index (χ1n) is 9.14. The minimum absolute atomic E-state index is 0.121. The molecule has 0 unspecified atom stereocenters. The number of thiophene rings is 2. The van der Waals surface area contributed by atoms with Crippen molar-refractivity contribution < 1.29 is 0 Å². The average molecular weight is 386 g/mol. The topological polar surface area (TPSA) is 37.2 Å². The lowest BCUT2D eigenvalue weighted by molar-refractivity contribution is 0.0491. The first-order valence-corrected chi connectivity index (χ1v) is 11.0. The summed E-state index contributed by atoms with van der Waals surface area (Å²) in [5.41, 5.74) is 1.56. The number of likely N-dealkylation sites (tertiary alicyclic amines) is 1.